The third-order valence-corrected chi connectivity index (χ3v) is 3.78. The molecule has 0 saturated carbocycles. The molecule has 2 aromatic carbocycles. The van der Waals surface area contributed by atoms with Gasteiger partial charge in [-0.15, -0.1) is 0 Å². The van der Waals surface area contributed by atoms with E-state index in [9.17, 15) is 5.11 Å². The number of ether oxygens (including phenoxy) is 1. The molecule has 2 aromatic rings. The van der Waals surface area contributed by atoms with Crippen molar-refractivity contribution in [1.29, 1.82) is 0 Å². The molecule has 1 atom stereocenters. The number of aliphatic hydroxyl groups excluding tert-OH is 1. The highest BCUT2D eigenvalue weighted by Crippen LogP contribution is 2.39. The predicted octanol–water partition coefficient (Wildman–Crippen LogP) is 4.19. The van der Waals surface area contributed by atoms with Gasteiger partial charge in [0.15, 0.2) is 0 Å². The van der Waals surface area contributed by atoms with Gasteiger partial charge in [0.1, 0.15) is 11.9 Å². The van der Waals surface area contributed by atoms with Gasteiger partial charge in [0.2, 0.25) is 0 Å². The van der Waals surface area contributed by atoms with Crippen LogP contribution in [0.3, 0.4) is 0 Å². The Balaban J connectivity index is 2.51. The summed E-state index contributed by atoms with van der Waals surface area (Å²) in [7, 11) is 1.55. The van der Waals surface area contributed by atoms with Crippen LogP contribution >= 0.6 is 27.5 Å². The van der Waals surface area contributed by atoms with Gasteiger partial charge in [-0.1, -0.05) is 57.9 Å². The zero-order chi connectivity index (χ0) is 13.1. The minimum absolute atomic E-state index is 0.420. The lowest BCUT2D eigenvalue weighted by Crippen LogP contribution is -2.02. The molecular formula is C14H12BrClO2. The van der Waals surface area contributed by atoms with E-state index in [4.69, 9.17) is 16.3 Å². The molecule has 0 aliphatic carbocycles. The van der Waals surface area contributed by atoms with Crippen molar-refractivity contribution in [1.82, 2.24) is 0 Å². The molecule has 0 bridgehead atoms. The maximum absolute atomic E-state index is 10.4. The third kappa shape index (κ3) is 2.53. The Bertz CT molecular complexity index is 543. The normalized spacial score (nSPS) is 12.2. The second-order valence-corrected chi connectivity index (χ2v) is 5.02. The fourth-order valence-corrected chi connectivity index (χ4v) is 2.77. The zero-order valence-corrected chi connectivity index (χ0v) is 12.1. The number of benzene rings is 2. The maximum atomic E-state index is 10.4. The second-order valence-electron chi connectivity index (χ2n) is 3.79. The van der Waals surface area contributed by atoms with Crippen LogP contribution in [0.5, 0.6) is 5.75 Å². The van der Waals surface area contributed by atoms with Crippen molar-refractivity contribution in [2.45, 2.75) is 6.10 Å². The smallest absolute Gasteiger partial charge is 0.137 e. The number of rotatable bonds is 3. The first-order valence-electron chi connectivity index (χ1n) is 5.40. The summed E-state index contributed by atoms with van der Waals surface area (Å²) in [5.41, 5.74) is 1.40. The van der Waals surface area contributed by atoms with E-state index in [1.807, 2.05) is 36.4 Å². The molecule has 0 aliphatic rings. The molecule has 1 N–H and O–H groups in total. The Hall–Kier alpha value is -1.03. The molecular weight excluding hydrogens is 316 g/mol. The molecule has 0 aromatic heterocycles. The largest absolute Gasteiger partial charge is 0.495 e. The molecule has 0 fully saturated rings. The molecule has 2 rings (SSSR count). The highest BCUT2D eigenvalue weighted by atomic mass is 79.9. The summed E-state index contributed by atoms with van der Waals surface area (Å²) >= 11 is 9.65. The van der Waals surface area contributed by atoms with Crippen molar-refractivity contribution in [2.75, 3.05) is 7.11 Å². The van der Waals surface area contributed by atoms with Gasteiger partial charge in [0, 0.05) is 10.0 Å². The summed E-state index contributed by atoms with van der Waals surface area (Å²) in [4.78, 5) is 0. The molecule has 0 saturated heterocycles. The fraction of sp³-hybridized carbons (Fsp3) is 0.143. The van der Waals surface area contributed by atoms with E-state index in [0.717, 1.165) is 10.0 Å². The van der Waals surface area contributed by atoms with E-state index in [1.54, 1.807) is 13.2 Å². The second kappa shape index (κ2) is 5.74. The number of halogens is 2. The van der Waals surface area contributed by atoms with Crippen LogP contribution in [0.1, 0.15) is 17.2 Å². The van der Waals surface area contributed by atoms with E-state index < -0.39 is 6.10 Å². The molecule has 0 amide bonds. The SMILES string of the molecule is COc1ccc(Br)c(C(O)c2ccccc2)c1Cl. The quantitative estimate of drug-likeness (QED) is 0.916. The van der Waals surface area contributed by atoms with Crippen LogP contribution in [0.2, 0.25) is 5.02 Å². The predicted molar refractivity (Wildman–Crippen MR) is 76.2 cm³/mol. The highest BCUT2D eigenvalue weighted by Gasteiger charge is 2.19. The Labute approximate surface area is 119 Å². The van der Waals surface area contributed by atoms with Gasteiger partial charge in [0.05, 0.1) is 12.1 Å². The number of hydrogen-bond acceptors (Lipinski definition) is 2. The molecule has 0 heterocycles. The standard InChI is InChI=1S/C14H12BrClO2/c1-18-11-8-7-10(15)12(13(11)16)14(17)9-5-3-2-4-6-9/h2-8,14,17H,1H3. The van der Waals surface area contributed by atoms with Crippen LogP contribution in [-0.2, 0) is 0 Å². The average molecular weight is 328 g/mol. The summed E-state index contributed by atoms with van der Waals surface area (Å²) in [6.45, 7) is 0. The van der Waals surface area contributed by atoms with Gasteiger partial charge >= 0.3 is 0 Å². The van der Waals surface area contributed by atoms with Crippen LogP contribution < -0.4 is 4.74 Å². The van der Waals surface area contributed by atoms with Gasteiger partial charge in [-0.05, 0) is 17.7 Å². The van der Waals surface area contributed by atoms with Crippen LogP contribution in [-0.4, -0.2) is 12.2 Å². The first kappa shape index (κ1) is 13.4. The maximum Gasteiger partial charge on any atom is 0.137 e. The molecule has 1 unspecified atom stereocenters. The van der Waals surface area contributed by atoms with Crippen molar-refractivity contribution < 1.29 is 9.84 Å². The van der Waals surface area contributed by atoms with E-state index in [2.05, 4.69) is 15.9 Å². The molecule has 2 nitrogen and oxygen atoms in total. The van der Waals surface area contributed by atoms with E-state index in [1.165, 1.54) is 0 Å². The van der Waals surface area contributed by atoms with Crippen molar-refractivity contribution in [3.8, 4) is 5.75 Å². The van der Waals surface area contributed by atoms with Crippen molar-refractivity contribution >= 4 is 27.5 Å². The van der Waals surface area contributed by atoms with Crippen LogP contribution in [0.15, 0.2) is 46.9 Å². The lowest BCUT2D eigenvalue weighted by atomic mass is 10.0. The Morgan fingerprint density at radius 1 is 1.17 bits per heavy atom. The first-order valence-corrected chi connectivity index (χ1v) is 6.57. The molecule has 0 spiro atoms. The Kier molecular flexibility index (Phi) is 4.27. The lowest BCUT2D eigenvalue weighted by molar-refractivity contribution is 0.219. The minimum atomic E-state index is -0.789. The molecule has 18 heavy (non-hydrogen) atoms. The van der Waals surface area contributed by atoms with Gasteiger partial charge in [-0.25, -0.2) is 0 Å². The average Bonchev–Trinajstić information content (AvgIpc) is 2.40. The first-order chi connectivity index (χ1) is 8.65. The number of aliphatic hydroxyl groups is 1. The van der Waals surface area contributed by atoms with Crippen molar-refractivity contribution in [2.24, 2.45) is 0 Å². The fourth-order valence-electron chi connectivity index (χ4n) is 1.76. The number of hydrogen-bond donors (Lipinski definition) is 1. The summed E-state index contributed by atoms with van der Waals surface area (Å²) in [5, 5.41) is 10.8. The zero-order valence-electron chi connectivity index (χ0n) is 9.73. The van der Waals surface area contributed by atoms with Crippen molar-refractivity contribution in [3.05, 3.63) is 63.1 Å². The van der Waals surface area contributed by atoms with Gasteiger partial charge in [-0.2, -0.15) is 0 Å². The van der Waals surface area contributed by atoms with E-state index in [-0.39, 0.29) is 0 Å². The summed E-state index contributed by atoms with van der Waals surface area (Å²) in [5.74, 6) is 0.546. The summed E-state index contributed by atoms with van der Waals surface area (Å²) in [6.07, 6.45) is -0.789. The topological polar surface area (TPSA) is 29.5 Å². The van der Waals surface area contributed by atoms with Crippen LogP contribution in [0, 0.1) is 0 Å². The van der Waals surface area contributed by atoms with Crippen molar-refractivity contribution in [3.63, 3.8) is 0 Å². The van der Waals surface area contributed by atoms with Gasteiger partial charge in [-0.3, -0.25) is 0 Å². The van der Waals surface area contributed by atoms with Gasteiger partial charge in [0.25, 0.3) is 0 Å². The molecule has 0 aliphatic heterocycles. The van der Waals surface area contributed by atoms with E-state index in [0.29, 0.717) is 16.3 Å². The number of methoxy groups -OCH3 is 1. The van der Waals surface area contributed by atoms with Gasteiger partial charge < -0.3 is 9.84 Å². The monoisotopic (exact) mass is 326 g/mol. The summed E-state index contributed by atoms with van der Waals surface area (Å²) in [6, 6.07) is 12.9. The minimum Gasteiger partial charge on any atom is -0.495 e. The molecule has 94 valence electrons. The highest BCUT2D eigenvalue weighted by molar-refractivity contribution is 9.10. The lowest BCUT2D eigenvalue weighted by Gasteiger charge is -2.16. The third-order valence-electron chi connectivity index (χ3n) is 2.70. The molecule has 0 radical (unpaired) electrons. The van der Waals surface area contributed by atoms with Crippen LogP contribution in [0.25, 0.3) is 0 Å². The Morgan fingerprint density at radius 3 is 2.44 bits per heavy atom. The van der Waals surface area contributed by atoms with E-state index >= 15 is 0 Å². The molecule has 4 heteroatoms. The Morgan fingerprint density at radius 2 is 1.83 bits per heavy atom. The van der Waals surface area contributed by atoms with Crippen LogP contribution in [0.4, 0.5) is 0 Å². The summed E-state index contributed by atoms with van der Waals surface area (Å²) < 4.78 is 5.92.